The SMILES string of the molecule is CC(C)(C)OC(=O)N1CCC(Nc2cccc(-n3cnc4ccccc43)n2)C1. The molecule has 1 N–H and O–H groups in total. The number of carbonyl (C=O) groups excluding carboxylic acids is 1. The Labute approximate surface area is 164 Å². The van der Waals surface area contributed by atoms with Crippen molar-refractivity contribution in [1.29, 1.82) is 0 Å². The molecule has 7 heteroatoms. The maximum Gasteiger partial charge on any atom is 0.410 e. The zero-order chi connectivity index (χ0) is 19.7. The molecule has 4 rings (SSSR count). The van der Waals surface area contributed by atoms with Crippen LogP contribution in [-0.2, 0) is 4.74 Å². The van der Waals surface area contributed by atoms with E-state index in [1.807, 2.05) is 67.8 Å². The normalized spacial score (nSPS) is 17.1. The average molecular weight is 379 g/mol. The van der Waals surface area contributed by atoms with Gasteiger partial charge in [0.1, 0.15) is 23.6 Å². The largest absolute Gasteiger partial charge is 0.444 e. The summed E-state index contributed by atoms with van der Waals surface area (Å²) in [5.74, 6) is 1.59. The van der Waals surface area contributed by atoms with E-state index in [0.717, 1.165) is 29.1 Å². The lowest BCUT2D eigenvalue weighted by Crippen LogP contribution is -2.36. The summed E-state index contributed by atoms with van der Waals surface area (Å²) in [4.78, 5) is 23.2. The second kappa shape index (κ2) is 7.14. The molecule has 0 saturated carbocycles. The van der Waals surface area contributed by atoms with Crippen molar-refractivity contribution in [3.63, 3.8) is 0 Å². The maximum atomic E-state index is 12.2. The Morgan fingerprint density at radius 1 is 1.18 bits per heavy atom. The molecule has 1 atom stereocenters. The second-order valence-corrected chi connectivity index (χ2v) is 8.04. The van der Waals surface area contributed by atoms with Gasteiger partial charge in [-0.05, 0) is 51.5 Å². The number of likely N-dealkylation sites (tertiary alicyclic amines) is 1. The van der Waals surface area contributed by atoms with Gasteiger partial charge < -0.3 is 15.0 Å². The van der Waals surface area contributed by atoms with Gasteiger partial charge in [0.05, 0.1) is 11.0 Å². The average Bonchev–Trinajstić information content (AvgIpc) is 3.27. The monoisotopic (exact) mass is 379 g/mol. The summed E-state index contributed by atoms with van der Waals surface area (Å²) in [7, 11) is 0. The molecule has 1 fully saturated rings. The van der Waals surface area contributed by atoms with E-state index in [-0.39, 0.29) is 12.1 Å². The molecule has 28 heavy (non-hydrogen) atoms. The van der Waals surface area contributed by atoms with Crippen LogP contribution in [-0.4, -0.2) is 50.3 Å². The maximum absolute atomic E-state index is 12.2. The molecule has 7 nitrogen and oxygen atoms in total. The van der Waals surface area contributed by atoms with Gasteiger partial charge in [-0.15, -0.1) is 0 Å². The first-order valence-electron chi connectivity index (χ1n) is 9.53. The zero-order valence-electron chi connectivity index (χ0n) is 16.4. The molecular weight excluding hydrogens is 354 g/mol. The van der Waals surface area contributed by atoms with Crippen LogP contribution in [0.15, 0.2) is 48.8 Å². The van der Waals surface area contributed by atoms with Crippen LogP contribution >= 0.6 is 0 Å². The number of benzene rings is 1. The molecule has 1 aromatic carbocycles. The summed E-state index contributed by atoms with van der Waals surface area (Å²) in [5, 5.41) is 3.44. The highest BCUT2D eigenvalue weighted by atomic mass is 16.6. The van der Waals surface area contributed by atoms with Crippen LogP contribution in [0.25, 0.3) is 16.9 Å². The molecule has 3 heterocycles. The molecule has 0 aliphatic carbocycles. The first-order valence-corrected chi connectivity index (χ1v) is 9.53. The number of para-hydroxylation sites is 2. The number of nitrogens with one attached hydrogen (secondary N) is 1. The summed E-state index contributed by atoms with van der Waals surface area (Å²) >= 11 is 0. The van der Waals surface area contributed by atoms with Gasteiger partial charge in [-0.25, -0.2) is 14.8 Å². The van der Waals surface area contributed by atoms with Crippen molar-refractivity contribution in [3.8, 4) is 5.82 Å². The number of ether oxygens (including phenoxy) is 1. The van der Waals surface area contributed by atoms with Crippen molar-refractivity contribution in [2.75, 3.05) is 18.4 Å². The fraction of sp³-hybridized carbons (Fsp3) is 0.381. The molecule has 0 radical (unpaired) electrons. The van der Waals surface area contributed by atoms with Gasteiger partial charge in [0.15, 0.2) is 0 Å². The van der Waals surface area contributed by atoms with Crippen molar-refractivity contribution in [2.45, 2.75) is 38.8 Å². The third kappa shape index (κ3) is 3.93. The number of fused-ring (bicyclic) bond motifs is 1. The van der Waals surface area contributed by atoms with Crippen molar-refractivity contribution in [2.24, 2.45) is 0 Å². The minimum absolute atomic E-state index is 0.148. The number of carbonyl (C=O) groups is 1. The molecule has 2 aromatic heterocycles. The van der Waals surface area contributed by atoms with Gasteiger partial charge in [0.2, 0.25) is 0 Å². The van der Waals surface area contributed by atoms with Crippen LogP contribution < -0.4 is 5.32 Å². The molecule has 1 unspecified atom stereocenters. The molecule has 146 valence electrons. The summed E-state index contributed by atoms with van der Waals surface area (Å²) < 4.78 is 7.44. The van der Waals surface area contributed by atoms with Gasteiger partial charge in [0.25, 0.3) is 0 Å². The topological polar surface area (TPSA) is 72.3 Å². The smallest absolute Gasteiger partial charge is 0.410 e. The van der Waals surface area contributed by atoms with Crippen LogP contribution in [0.2, 0.25) is 0 Å². The van der Waals surface area contributed by atoms with E-state index in [2.05, 4.69) is 10.3 Å². The number of aromatic nitrogens is 3. The minimum Gasteiger partial charge on any atom is -0.444 e. The number of hydrogen-bond donors (Lipinski definition) is 1. The van der Waals surface area contributed by atoms with Gasteiger partial charge in [-0.3, -0.25) is 4.57 Å². The highest BCUT2D eigenvalue weighted by molar-refractivity contribution is 5.76. The van der Waals surface area contributed by atoms with Crippen LogP contribution in [0.3, 0.4) is 0 Å². The standard InChI is InChI=1S/C21H25N5O2/c1-21(2,3)28-20(27)25-12-11-15(13-25)23-18-9-6-10-19(24-18)26-14-22-16-7-4-5-8-17(16)26/h4-10,14-15H,11-13H2,1-3H3,(H,23,24). The lowest BCUT2D eigenvalue weighted by atomic mass is 10.2. The van der Waals surface area contributed by atoms with E-state index >= 15 is 0 Å². The predicted octanol–water partition coefficient (Wildman–Crippen LogP) is 3.84. The van der Waals surface area contributed by atoms with Crippen molar-refractivity contribution < 1.29 is 9.53 Å². The van der Waals surface area contributed by atoms with Crippen LogP contribution in [0.1, 0.15) is 27.2 Å². The van der Waals surface area contributed by atoms with Gasteiger partial charge in [-0.1, -0.05) is 18.2 Å². The van der Waals surface area contributed by atoms with E-state index in [0.29, 0.717) is 13.1 Å². The molecule has 1 saturated heterocycles. The number of amides is 1. The van der Waals surface area contributed by atoms with Gasteiger partial charge in [-0.2, -0.15) is 0 Å². The fourth-order valence-electron chi connectivity index (χ4n) is 3.36. The molecule has 0 spiro atoms. The highest BCUT2D eigenvalue weighted by Crippen LogP contribution is 2.20. The Bertz CT molecular complexity index is 992. The Morgan fingerprint density at radius 2 is 2.00 bits per heavy atom. The van der Waals surface area contributed by atoms with E-state index < -0.39 is 5.60 Å². The summed E-state index contributed by atoms with van der Waals surface area (Å²) in [6.07, 6.45) is 2.39. The van der Waals surface area contributed by atoms with E-state index in [1.54, 1.807) is 11.2 Å². The van der Waals surface area contributed by atoms with E-state index in [1.165, 1.54) is 0 Å². The number of nitrogens with zero attached hydrogens (tertiary/aromatic N) is 4. The minimum atomic E-state index is -0.480. The van der Waals surface area contributed by atoms with Crippen molar-refractivity contribution in [1.82, 2.24) is 19.4 Å². The Balaban J connectivity index is 1.45. The lowest BCUT2D eigenvalue weighted by molar-refractivity contribution is 0.0293. The Hall–Kier alpha value is -3.09. The number of anilines is 1. The van der Waals surface area contributed by atoms with Crippen LogP contribution in [0.4, 0.5) is 10.6 Å². The molecule has 0 bridgehead atoms. The number of imidazole rings is 1. The highest BCUT2D eigenvalue weighted by Gasteiger charge is 2.29. The van der Waals surface area contributed by atoms with Gasteiger partial charge >= 0.3 is 6.09 Å². The number of hydrogen-bond acceptors (Lipinski definition) is 5. The molecular formula is C21H25N5O2. The second-order valence-electron chi connectivity index (χ2n) is 8.04. The summed E-state index contributed by atoms with van der Waals surface area (Å²) in [5.41, 5.74) is 1.47. The Kier molecular flexibility index (Phi) is 4.66. The summed E-state index contributed by atoms with van der Waals surface area (Å²) in [6.45, 7) is 6.93. The van der Waals surface area contributed by atoms with E-state index in [4.69, 9.17) is 9.72 Å². The molecule has 1 aliphatic heterocycles. The molecule has 1 aliphatic rings. The summed E-state index contributed by atoms with van der Waals surface area (Å²) in [6, 6.07) is 14.0. The fourth-order valence-corrected chi connectivity index (χ4v) is 3.36. The first-order chi connectivity index (χ1) is 13.4. The third-order valence-electron chi connectivity index (χ3n) is 4.63. The predicted molar refractivity (Wildman–Crippen MR) is 109 cm³/mol. The van der Waals surface area contributed by atoms with Crippen LogP contribution in [0, 0.1) is 0 Å². The third-order valence-corrected chi connectivity index (χ3v) is 4.63. The molecule has 1 amide bonds. The van der Waals surface area contributed by atoms with Crippen LogP contribution in [0.5, 0.6) is 0 Å². The number of pyridine rings is 1. The van der Waals surface area contributed by atoms with Crippen molar-refractivity contribution >= 4 is 22.9 Å². The van der Waals surface area contributed by atoms with Gasteiger partial charge in [0, 0.05) is 19.1 Å². The Morgan fingerprint density at radius 3 is 2.82 bits per heavy atom. The quantitative estimate of drug-likeness (QED) is 0.748. The lowest BCUT2D eigenvalue weighted by Gasteiger charge is -2.24. The zero-order valence-corrected chi connectivity index (χ0v) is 16.4. The molecule has 3 aromatic rings. The first kappa shape index (κ1) is 18.3. The van der Waals surface area contributed by atoms with Crippen molar-refractivity contribution in [3.05, 3.63) is 48.8 Å². The number of rotatable bonds is 3. The van der Waals surface area contributed by atoms with E-state index in [9.17, 15) is 4.79 Å².